The highest BCUT2D eigenvalue weighted by atomic mass is 16.7. The molecule has 214 valence electrons. The van der Waals surface area contributed by atoms with Crippen molar-refractivity contribution in [1.82, 2.24) is 0 Å². The maximum atomic E-state index is 13.7. The van der Waals surface area contributed by atoms with Crippen molar-refractivity contribution in [1.29, 1.82) is 0 Å². The summed E-state index contributed by atoms with van der Waals surface area (Å²) in [4.78, 5) is 38.1. The molecular weight excluding hydrogens is 504 g/mol. The maximum absolute atomic E-state index is 13.7. The van der Waals surface area contributed by atoms with Crippen LogP contribution in [0.5, 0.6) is 0 Å². The van der Waals surface area contributed by atoms with Gasteiger partial charge in [0, 0.05) is 18.8 Å². The second-order valence-corrected chi connectivity index (χ2v) is 14.2. The summed E-state index contributed by atoms with van der Waals surface area (Å²) in [6.07, 6.45) is 3.51. The van der Waals surface area contributed by atoms with Gasteiger partial charge in [-0.25, -0.2) is 0 Å². The second-order valence-electron chi connectivity index (χ2n) is 14.2. The largest absolute Gasteiger partial charge is 0.455 e. The van der Waals surface area contributed by atoms with Crippen LogP contribution in [0.3, 0.4) is 0 Å². The van der Waals surface area contributed by atoms with Gasteiger partial charge in [0.15, 0.2) is 11.9 Å². The Morgan fingerprint density at radius 3 is 2.46 bits per heavy atom. The molecule has 15 atom stereocenters. The van der Waals surface area contributed by atoms with Gasteiger partial charge in [0.25, 0.3) is 0 Å². The van der Waals surface area contributed by atoms with E-state index in [0.29, 0.717) is 6.42 Å². The summed E-state index contributed by atoms with van der Waals surface area (Å²) < 4.78 is 24.4. The topological polar surface area (TPSA) is 132 Å². The highest BCUT2D eigenvalue weighted by Crippen LogP contribution is 2.74. The number of allylic oxidation sites excluding steroid dienone is 1. The molecule has 0 aromatic heterocycles. The molecule has 3 saturated carbocycles. The van der Waals surface area contributed by atoms with Crippen molar-refractivity contribution in [3.63, 3.8) is 0 Å². The zero-order valence-corrected chi connectivity index (χ0v) is 23.5. The van der Waals surface area contributed by atoms with Crippen LogP contribution in [-0.4, -0.2) is 69.3 Å². The number of aliphatic hydroxyl groups excluding tert-OH is 1. The van der Waals surface area contributed by atoms with E-state index in [9.17, 15) is 24.6 Å². The second kappa shape index (κ2) is 7.52. The van der Waals surface area contributed by atoms with Gasteiger partial charge in [-0.1, -0.05) is 20.8 Å². The van der Waals surface area contributed by atoms with Crippen molar-refractivity contribution >= 4 is 17.7 Å². The van der Waals surface area contributed by atoms with Crippen molar-refractivity contribution < 1.29 is 43.5 Å². The number of epoxide rings is 1. The summed E-state index contributed by atoms with van der Waals surface area (Å²) >= 11 is 0. The van der Waals surface area contributed by atoms with Gasteiger partial charge >= 0.3 is 11.9 Å². The maximum Gasteiger partial charge on any atom is 0.311 e. The van der Waals surface area contributed by atoms with Crippen molar-refractivity contribution in [2.75, 3.05) is 0 Å². The van der Waals surface area contributed by atoms with E-state index in [0.717, 1.165) is 19.3 Å². The minimum absolute atomic E-state index is 0.0112. The third-order valence-corrected chi connectivity index (χ3v) is 12.8. The van der Waals surface area contributed by atoms with Gasteiger partial charge < -0.3 is 29.2 Å². The minimum Gasteiger partial charge on any atom is -0.455 e. The monoisotopic (exact) mass is 544 g/mol. The number of rotatable bonds is 1. The fourth-order valence-electron chi connectivity index (χ4n) is 10.8. The van der Waals surface area contributed by atoms with Crippen LogP contribution in [0.2, 0.25) is 0 Å². The number of esters is 2. The third-order valence-electron chi connectivity index (χ3n) is 12.8. The van der Waals surface area contributed by atoms with E-state index >= 15 is 0 Å². The van der Waals surface area contributed by atoms with E-state index in [2.05, 4.69) is 6.92 Å². The van der Waals surface area contributed by atoms with Crippen molar-refractivity contribution in [3.8, 4) is 0 Å². The first kappa shape index (κ1) is 26.1. The normalized spacial score (nSPS) is 60.5. The van der Waals surface area contributed by atoms with E-state index in [4.69, 9.17) is 18.9 Å². The molecule has 0 bridgehead atoms. The van der Waals surface area contributed by atoms with Gasteiger partial charge in [0.1, 0.15) is 17.3 Å². The van der Waals surface area contributed by atoms with Crippen molar-refractivity contribution in [2.24, 2.45) is 46.3 Å². The van der Waals surface area contributed by atoms with Crippen LogP contribution in [0.25, 0.3) is 0 Å². The molecule has 39 heavy (non-hydrogen) atoms. The molecule has 2 spiro atoms. The van der Waals surface area contributed by atoms with E-state index in [1.807, 2.05) is 13.8 Å². The lowest BCUT2D eigenvalue weighted by atomic mass is 9.44. The molecule has 3 saturated heterocycles. The number of ketones is 1. The van der Waals surface area contributed by atoms with Gasteiger partial charge in [-0.05, 0) is 74.9 Å². The molecule has 6 fully saturated rings. The lowest BCUT2D eigenvalue weighted by Crippen LogP contribution is -2.71. The van der Waals surface area contributed by atoms with Gasteiger partial charge in [-0.2, -0.15) is 0 Å². The summed E-state index contributed by atoms with van der Waals surface area (Å²) in [5.41, 5.74) is -3.57. The zero-order valence-electron chi connectivity index (χ0n) is 23.5. The Morgan fingerprint density at radius 1 is 1.10 bits per heavy atom. The van der Waals surface area contributed by atoms with Crippen molar-refractivity contribution in [2.45, 2.75) is 109 Å². The van der Waals surface area contributed by atoms with Gasteiger partial charge in [0.05, 0.1) is 23.5 Å². The first-order chi connectivity index (χ1) is 18.2. The standard InChI is InChI=1S/C30H40O9/c1-13-14(2)30(39-24(13)33)25(34)28(6,35)23-19(37-30)12-18-16-11-22-29(38-22)21(36-15(3)31)8-7-20(32)27(29,5)17(16)9-10-26(18,23)4/h7-8,13-14,16-19,21-23,25,34-35H,9-12H2,1-6H3/t13-,14?,16-,17+,18+,19?,21+,22-,23?,25+,26+,27+,28?,29-,30?/m1/s1. The Hall–Kier alpha value is -1.81. The highest BCUT2D eigenvalue weighted by Gasteiger charge is 2.82. The lowest BCUT2D eigenvalue weighted by Gasteiger charge is -2.60. The van der Waals surface area contributed by atoms with Crippen LogP contribution in [0.15, 0.2) is 12.2 Å². The highest BCUT2D eigenvalue weighted by molar-refractivity contribution is 5.98. The number of hydrogen-bond acceptors (Lipinski definition) is 9. The average Bonchev–Trinajstić information content (AvgIpc) is 3.45. The molecular formula is C30H40O9. The first-order valence-corrected chi connectivity index (χ1v) is 14.5. The summed E-state index contributed by atoms with van der Waals surface area (Å²) in [6, 6.07) is 0. The van der Waals surface area contributed by atoms with E-state index in [-0.39, 0.29) is 41.0 Å². The summed E-state index contributed by atoms with van der Waals surface area (Å²) in [6.45, 7) is 10.8. The first-order valence-electron chi connectivity index (χ1n) is 14.5. The molecule has 0 aromatic carbocycles. The lowest BCUT2D eigenvalue weighted by molar-refractivity contribution is -0.368. The molecule has 0 amide bonds. The predicted octanol–water partition coefficient (Wildman–Crippen LogP) is 2.31. The molecule has 9 heteroatoms. The SMILES string of the molecule is CC(=O)O[C@H]1C=CC(=O)[C@]2(C)[C@H]3CC[C@]4(C)C5C(C[C@H]4[C@@H]3C[C@H]3O[C@]132)OC1(OC(=O)[C@H](C)C1C)[C@@H](O)C5(C)O. The fourth-order valence-corrected chi connectivity index (χ4v) is 10.8. The minimum atomic E-state index is -1.58. The smallest absolute Gasteiger partial charge is 0.311 e. The number of carbonyl (C=O) groups excluding carboxylic acids is 3. The molecule has 0 aromatic rings. The summed E-state index contributed by atoms with van der Waals surface area (Å²) in [5.74, 6) is -3.39. The number of fused-ring (bicyclic) bond motifs is 6. The Morgan fingerprint density at radius 2 is 1.82 bits per heavy atom. The quantitative estimate of drug-likeness (QED) is 0.377. The van der Waals surface area contributed by atoms with Crippen LogP contribution in [0.4, 0.5) is 0 Å². The molecule has 3 aliphatic heterocycles. The van der Waals surface area contributed by atoms with Crippen molar-refractivity contribution in [3.05, 3.63) is 12.2 Å². The molecule has 2 N–H and O–H groups in total. The van der Waals surface area contributed by atoms with Crippen LogP contribution in [-0.2, 0) is 33.3 Å². The molecule has 0 radical (unpaired) electrons. The molecule has 7 rings (SSSR count). The van der Waals surface area contributed by atoms with Crippen LogP contribution < -0.4 is 0 Å². The molecule has 5 unspecified atom stereocenters. The summed E-state index contributed by atoms with van der Waals surface area (Å²) in [5, 5.41) is 23.6. The number of aliphatic hydroxyl groups is 2. The van der Waals surface area contributed by atoms with Gasteiger partial charge in [0.2, 0.25) is 5.79 Å². The predicted molar refractivity (Wildman–Crippen MR) is 135 cm³/mol. The summed E-state index contributed by atoms with van der Waals surface area (Å²) in [7, 11) is 0. The molecule has 4 aliphatic carbocycles. The Kier molecular flexibility index (Phi) is 5.04. The van der Waals surface area contributed by atoms with Crippen LogP contribution in [0.1, 0.15) is 67.2 Å². The van der Waals surface area contributed by atoms with Crippen LogP contribution >= 0.6 is 0 Å². The third kappa shape index (κ3) is 2.79. The average molecular weight is 545 g/mol. The fraction of sp³-hybridized carbons (Fsp3) is 0.833. The van der Waals surface area contributed by atoms with Crippen LogP contribution in [0, 0.1) is 46.3 Å². The Balaban J connectivity index is 1.26. The number of hydrogen-bond donors (Lipinski definition) is 2. The van der Waals surface area contributed by atoms with E-state index in [1.165, 1.54) is 6.92 Å². The Labute approximate surface area is 228 Å². The molecule has 7 aliphatic rings. The number of ether oxygens (including phenoxy) is 4. The van der Waals surface area contributed by atoms with E-state index < -0.39 is 64.5 Å². The van der Waals surface area contributed by atoms with E-state index in [1.54, 1.807) is 26.0 Å². The van der Waals surface area contributed by atoms with Gasteiger partial charge in [-0.15, -0.1) is 0 Å². The number of carbonyl (C=O) groups is 3. The zero-order chi connectivity index (χ0) is 28.1. The Bertz CT molecular complexity index is 1190. The molecule has 9 nitrogen and oxygen atoms in total. The van der Waals surface area contributed by atoms with Gasteiger partial charge in [-0.3, -0.25) is 14.4 Å². The molecule has 3 heterocycles.